The van der Waals surface area contributed by atoms with Crippen molar-refractivity contribution in [2.45, 2.75) is 6.92 Å². The van der Waals surface area contributed by atoms with Gasteiger partial charge in [-0.3, -0.25) is 4.79 Å². The summed E-state index contributed by atoms with van der Waals surface area (Å²) in [5.41, 5.74) is 0.646. The Morgan fingerprint density at radius 1 is 1.41 bits per heavy atom. The molecule has 17 heavy (non-hydrogen) atoms. The lowest BCUT2D eigenvalue weighted by Gasteiger charge is -2.09. The smallest absolute Gasteiger partial charge is 0.325 e. The molecule has 0 saturated heterocycles. The third kappa shape index (κ3) is 5.26. The maximum Gasteiger partial charge on any atom is 0.325 e. The second-order valence-electron chi connectivity index (χ2n) is 3.12. The van der Waals surface area contributed by atoms with Gasteiger partial charge < -0.3 is 15.4 Å². The number of thiocarbonyl (C=S) groups is 1. The van der Waals surface area contributed by atoms with Crippen molar-refractivity contribution >= 4 is 29.0 Å². The highest BCUT2D eigenvalue weighted by molar-refractivity contribution is 7.80. The number of hydrogen-bond donors (Lipinski definition) is 2. The minimum absolute atomic E-state index is 0.000861. The normalized spacial score (nSPS) is 9.53. The second kappa shape index (κ2) is 6.80. The van der Waals surface area contributed by atoms with Gasteiger partial charge in [0.15, 0.2) is 5.11 Å². The van der Waals surface area contributed by atoms with Gasteiger partial charge in [0, 0.05) is 5.69 Å². The molecule has 0 bridgehead atoms. The van der Waals surface area contributed by atoms with Gasteiger partial charge in [0.1, 0.15) is 12.4 Å². The third-order valence-electron chi connectivity index (χ3n) is 1.80. The molecule has 6 heteroatoms. The van der Waals surface area contributed by atoms with Gasteiger partial charge in [-0.15, -0.1) is 0 Å². The van der Waals surface area contributed by atoms with E-state index in [1.165, 1.54) is 12.1 Å². The SMILES string of the molecule is CCOC(=O)CNC(=S)Nc1ccc(F)cc1. The molecule has 0 aliphatic carbocycles. The van der Waals surface area contributed by atoms with E-state index in [-0.39, 0.29) is 23.4 Å². The molecule has 1 aromatic rings. The van der Waals surface area contributed by atoms with Crippen LogP contribution < -0.4 is 10.6 Å². The van der Waals surface area contributed by atoms with Crippen molar-refractivity contribution in [2.24, 2.45) is 0 Å². The summed E-state index contributed by atoms with van der Waals surface area (Å²) in [5, 5.41) is 5.78. The summed E-state index contributed by atoms with van der Waals surface area (Å²) in [7, 11) is 0. The van der Waals surface area contributed by atoms with Crippen molar-refractivity contribution in [1.82, 2.24) is 5.32 Å². The van der Waals surface area contributed by atoms with Gasteiger partial charge in [0.25, 0.3) is 0 Å². The molecule has 0 unspecified atom stereocenters. The number of hydrogen-bond acceptors (Lipinski definition) is 3. The van der Waals surface area contributed by atoms with E-state index < -0.39 is 0 Å². The molecule has 0 radical (unpaired) electrons. The Kier molecular flexibility index (Phi) is 5.35. The molecule has 0 heterocycles. The fraction of sp³-hybridized carbons (Fsp3) is 0.273. The van der Waals surface area contributed by atoms with Crippen LogP contribution in [-0.4, -0.2) is 24.2 Å². The fourth-order valence-corrected chi connectivity index (χ4v) is 1.26. The van der Waals surface area contributed by atoms with E-state index in [1.54, 1.807) is 19.1 Å². The minimum atomic E-state index is -0.379. The predicted octanol–water partition coefficient (Wildman–Crippen LogP) is 1.68. The van der Waals surface area contributed by atoms with Crippen molar-refractivity contribution in [1.29, 1.82) is 0 Å². The van der Waals surface area contributed by atoms with Crippen LogP contribution in [0.4, 0.5) is 10.1 Å². The molecule has 2 N–H and O–H groups in total. The third-order valence-corrected chi connectivity index (χ3v) is 2.05. The van der Waals surface area contributed by atoms with Crippen molar-refractivity contribution in [3.8, 4) is 0 Å². The molecule has 0 aliphatic rings. The van der Waals surface area contributed by atoms with Gasteiger partial charge in [-0.1, -0.05) is 0 Å². The molecule has 4 nitrogen and oxygen atoms in total. The van der Waals surface area contributed by atoms with E-state index >= 15 is 0 Å². The lowest BCUT2D eigenvalue weighted by molar-refractivity contribution is -0.141. The highest BCUT2D eigenvalue weighted by atomic mass is 32.1. The molecular formula is C11H13FN2O2S. The van der Waals surface area contributed by atoms with Gasteiger partial charge in [0.05, 0.1) is 6.61 Å². The molecule has 0 spiro atoms. The number of ether oxygens (including phenoxy) is 1. The Bertz CT molecular complexity index is 395. The van der Waals surface area contributed by atoms with E-state index in [4.69, 9.17) is 17.0 Å². The molecule has 92 valence electrons. The van der Waals surface area contributed by atoms with Gasteiger partial charge in [-0.05, 0) is 43.4 Å². The summed E-state index contributed by atoms with van der Waals surface area (Å²) < 4.78 is 17.3. The summed E-state index contributed by atoms with van der Waals surface area (Å²) in [6.07, 6.45) is 0. The second-order valence-corrected chi connectivity index (χ2v) is 3.53. The van der Waals surface area contributed by atoms with Crippen LogP contribution in [0, 0.1) is 5.82 Å². The minimum Gasteiger partial charge on any atom is -0.465 e. The zero-order valence-electron chi connectivity index (χ0n) is 9.33. The highest BCUT2D eigenvalue weighted by Crippen LogP contribution is 2.07. The van der Waals surface area contributed by atoms with Crippen molar-refractivity contribution in [3.05, 3.63) is 30.1 Å². The van der Waals surface area contributed by atoms with E-state index in [1.807, 2.05) is 0 Å². The van der Waals surface area contributed by atoms with Gasteiger partial charge >= 0.3 is 5.97 Å². The Morgan fingerprint density at radius 3 is 2.65 bits per heavy atom. The number of rotatable bonds is 4. The van der Waals surface area contributed by atoms with Gasteiger partial charge in [-0.2, -0.15) is 0 Å². The topological polar surface area (TPSA) is 50.4 Å². The molecule has 0 aliphatic heterocycles. The lowest BCUT2D eigenvalue weighted by Crippen LogP contribution is -2.33. The average molecular weight is 256 g/mol. The molecule has 0 atom stereocenters. The first-order valence-electron chi connectivity index (χ1n) is 5.08. The maximum atomic E-state index is 12.6. The summed E-state index contributed by atoms with van der Waals surface area (Å²) >= 11 is 4.95. The largest absolute Gasteiger partial charge is 0.465 e. The van der Waals surface area contributed by atoms with Crippen LogP contribution in [-0.2, 0) is 9.53 Å². The average Bonchev–Trinajstić information content (AvgIpc) is 2.30. The molecule has 0 saturated carbocycles. The summed E-state index contributed by atoms with van der Waals surface area (Å²) in [5.74, 6) is -0.697. The first kappa shape index (κ1) is 13.4. The molecule has 1 aromatic carbocycles. The van der Waals surface area contributed by atoms with E-state index in [0.29, 0.717) is 12.3 Å². The zero-order chi connectivity index (χ0) is 12.7. The fourth-order valence-electron chi connectivity index (χ4n) is 1.07. The molecule has 0 aromatic heterocycles. The van der Waals surface area contributed by atoms with Crippen LogP contribution in [0.3, 0.4) is 0 Å². The molecular weight excluding hydrogens is 243 g/mol. The van der Waals surface area contributed by atoms with Crippen LogP contribution in [0.2, 0.25) is 0 Å². The van der Waals surface area contributed by atoms with Crippen LogP contribution in [0.15, 0.2) is 24.3 Å². The number of esters is 1. The van der Waals surface area contributed by atoms with Crippen LogP contribution in [0.25, 0.3) is 0 Å². The zero-order valence-corrected chi connectivity index (χ0v) is 10.1. The van der Waals surface area contributed by atoms with E-state index in [0.717, 1.165) is 0 Å². The Morgan fingerprint density at radius 2 is 2.06 bits per heavy atom. The Hall–Kier alpha value is -1.69. The first-order valence-corrected chi connectivity index (χ1v) is 5.48. The van der Waals surface area contributed by atoms with Crippen molar-refractivity contribution < 1.29 is 13.9 Å². The molecule has 0 amide bonds. The standard InChI is InChI=1S/C11H13FN2O2S/c1-2-16-10(15)7-13-11(17)14-9-5-3-8(12)4-6-9/h3-6H,2,7H2,1H3,(H2,13,14,17). The summed E-state index contributed by atoms with van der Waals surface area (Å²) in [6.45, 7) is 2.06. The maximum absolute atomic E-state index is 12.6. The van der Waals surface area contributed by atoms with E-state index in [9.17, 15) is 9.18 Å². The van der Waals surface area contributed by atoms with Crippen LogP contribution >= 0.6 is 12.2 Å². The van der Waals surface area contributed by atoms with Crippen LogP contribution in [0.1, 0.15) is 6.92 Å². The number of benzene rings is 1. The first-order chi connectivity index (χ1) is 8.11. The van der Waals surface area contributed by atoms with Gasteiger partial charge in [-0.25, -0.2) is 4.39 Å². The highest BCUT2D eigenvalue weighted by Gasteiger charge is 2.03. The number of anilines is 1. The predicted molar refractivity (Wildman–Crippen MR) is 67.3 cm³/mol. The number of carbonyl (C=O) groups excluding carboxylic acids is 1. The lowest BCUT2D eigenvalue weighted by atomic mass is 10.3. The Balaban J connectivity index is 2.34. The summed E-state index contributed by atoms with van der Waals surface area (Å²) in [4.78, 5) is 11.0. The van der Waals surface area contributed by atoms with Crippen molar-refractivity contribution in [2.75, 3.05) is 18.5 Å². The Labute approximate surface area is 104 Å². The van der Waals surface area contributed by atoms with Gasteiger partial charge in [0.2, 0.25) is 0 Å². The van der Waals surface area contributed by atoms with Crippen molar-refractivity contribution in [3.63, 3.8) is 0 Å². The number of halogens is 1. The monoisotopic (exact) mass is 256 g/mol. The van der Waals surface area contributed by atoms with E-state index in [2.05, 4.69) is 10.6 Å². The number of nitrogens with one attached hydrogen (secondary N) is 2. The molecule has 1 rings (SSSR count). The molecule has 0 fully saturated rings. The van der Waals surface area contributed by atoms with Crippen LogP contribution in [0.5, 0.6) is 0 Å². The number of carbonyl (C=O) groups is 1. The quantitative estimate of drug-likeness (QED) is 0.634. The summed E-state index contributed by atoms with van der Waals surface area (Å²) in [6, 6.07) is 5.73.